The SMILES string of the molecule is COc1ccc(CNC(=O)C2CCCN(c3ccc(Cl)nn3)C2)cn1. The molecule has 1 atom stereocenters. The zero-order valence-electron chi connectivity index (χ0n) is 14.0. The highest BCUT2D eigenvalue weighted by Gasteiger charge is 2.26. The average Bonchev–Trinajstić information content (AvgIpc) is 2.67. The number of hydrogen-bond acceptors (Lipinski definition) is 6. The number of nitrogens with zero attached hydrogens (tertiary/aromatic N) is 4. The van der Waals surface area contributed by atoms with E-state index in [1.165, 1.54) is 0 Å². The highest BCUT2D eigenvalue weighted by atomic mass is 35.5. The number of nitrogens with one attached hydrogen (secondary N) is 1. The molecule has 1 saturated heterocycles. The van der Waals surface area contributed by atoms with Crippen molar-refractivity contribution in [3.8, 4) is 5.88 Å². The molecule has 0 aliphatic carbocycles. The van der Waals surface area contributed by atoms with Crippen LogP contribution in [0.1, 0.15) is 18.4 Å². The van der Waals surface area contributed by atoms with Crippen molar-refractivity contribution in [3.63, 3.8) is 0 Å². The lowest BCUT2D eigenvalue weighted by atomic mass is 9.97. The molecule has 8 heteroatoms. The van der Waals surface area contributed by atoms with Gasteiger partial charge in [0.2, 0.25) is 11.8 Å². The van der Waals surface area contributed by atoms with Crippen molar-refractivity contribution in [2.45, 2.75) is 19.4 Å². The minimum absolute atomic E-state index is 0.0439. The van der Waals surface area contributed by atoms with Crippen LogP contribution in [0.2, 0.25) is 5.15 Å². The fourth-order valence-corrected chi connectivity index (χ4v) is 2.95. The highest BCUT2D eigenvalue weighted by molar-refractivity contribution is 6.29. The van der Waals surface area contributed by atoms with Crippen LogP contribution in [0, 0.1) is 5.92 Å². The third kappa shape index (κ3) is 4.57. The predicted molar refractivity (Wildman–Crippen MR) is 94.6 cm³/mol. The number of piperidine rings is 1. The average molecular weight is 362 g/mol. The van der Waals surface area contributed by atoms with Crippen molar-refractivity contribution >= 4 is 23.3 Å². The van der Waals surface area contributed by atoms with E-state index in [-0.39, 0.29) is 11.8 Å². The molecule has 1 fully saturated rings. The summed E-state index contributed by atoms with van der Waals surface area (Å²) in [5, 5.41) is 11.3. The third-order valence-corrected chi connectivity index (χ3v) is 4.41. The second-order valence-corrected chi connectivity index (χ2v) is 6.31. The number of rotatable bonds is 5. The van der Waals surface area contributed by atoms with E-state index in [1.807, 2.05) is 12.1 Å². The summed E-state index contributed by atoms with van der Waals surface area (Å²) in [7, 11) is 1.57. The molecule has 0 radical (unpaired) electrons. The molecular formula is C17H20ClN5O2. The molecule has 1 amide bonds. The number of amides is 1. The zero-order valence-corrected chi connectivity index (χ0v) is 14.7. The molecule has 3 heterocycles. The van der Waals surface area contributed by atoms with Crippen molar-refractivity contribution in [2.24, 2.45) is 5.92 Å². The minimum atomic E-state index is -0.0718. The first-order valence-corrected chi connectivity index (χ1v) is 8.54. The molecule has 1 N–H and O–H groups in total. The van der Waals surface area contributed by atoms with Gasteiger partial charge in [-0.15, -0.1) is 10.2 Å². The molecule has 0 saturated carbocycles. The molecule has 2 aromatic rings. The maximum atomic E-state index is 12.5. The first-order valence-electron chi connectivity index (χ1n) is 8.16. The number of halogens is 1. The molecule has 25 heavy (non-hydrogen) atoms. The molecule has 1 unspecified atom stereocenters. The van der Waals surface area contributed by atoms with E-state index in [0.717, 1.165) is 30.8 Å². The third-order valence-electron chi connectivity index (χ3n) is 4.21. The quantitative estimate of drug-likeness (QED) is 0.878. The number of hydrogen-bond donors (Lipinski definition) is 1. The van der Waals surface area contributed by atoms with Crippen LogP contribution in [0.4, 0.5) is 5.82 Å². The van der Waals surface area contributed by atoms with Crippen molar-refractivity contribution < 1.29 is 9.53 Å². The largest absolute Gasteiger partial charge is 0.481 e. The van der Waals surface area contributed by atoms with Crippen LogP contribution in [-0.4, -0.2) is 41.3 Å². The summed E-state index contributed by atoms with van der Waals surface area (Å²) in [5.41, 5.74) is 0.936. The van der Waals surface area contributed by atoms with Crippen LogP contribution < -0.4 is 15.0 Å². The standard InChI is InChI=1S/C17H20ClN5O2/c1-25-16-7-4-12(9-19-16)10-20-17(24)13-3-2-8-23(11-13)15-6-5-14(18)21-22-15/h4-7,9,13H,2-3,8,10-11H2,1H3,(H,20,24). The lowest BCUT2D eigenvalue weighted by Crippen LogP contribution is -2.43. The van der Waals surface area contributed by atoms with Crippen molar-refractivity contribution in [1.29, 1.82) is 0 Å². The molecular weight excluding hydrogens is 342 g/mol. The Morgan fingerprint density at radius 1 is 1.36 bits per heavy atom. The van der Waals surface area contributed by atoms with Crippen LogP contribution >= 0.6 is 11.6 Å². The van der Waals surface area contributed by atoms with Gasteiger partial charge in [-0.05, 0) is 30.5 Å². The van der Waals surface area contributed by atoms with Gasteiger partial charge in [0, 0.05) is 31.9 Å². The van der Waals surface area contributed by atoms with Gasteiger partial charge in [-0.3, -0.25) is 4.79 Å². The van der Waals surface area contributed by atoms with E-state index in [1.54, 1.807) is 25.4 Å². The highest BCUT2D eigenvalue weighted by Crippen LogP contribution is 2.22. The Labute approximate surface area is 151 Å². The van der Waals surface area contributed by atoms with Crippen LogP contribution in [0.25, 0.3) is 0 Å². The Morgan fingerprint density at radius 3 is 2.92 bits per heavy atom. The van der Waals surface area contributed by atoms with E-state index in [2.05, 4.69) is 25.4 Å². The van der Waals surface area contributed by atoms with E-state index < -0.39 is 0 Å². The maximum absolute atomic E-state index is 12.5. The predicted octanol–water partition coefficient (Wildman–Crippen LogP) is 2.07. The number of carbonyl (C=O) groups excluding carboxylic acids is 1. The Hall–Kier alpha value is -2.41. The Balaban J connectivity index is 1.55. The molecule has 1 aliphatic heterocycles. The summed E-state index contributed by atoms with van der Waals surface area (Å²) in [6, 6.07) is 7.22. The normalized spacial score (nSPS) is 17.2. The minimum Gasteiger partial charge on any atom is -0.481 e. The molecule has 132 valence electrons. The molecule has 1 aliphatic rings. The Morgan fingerprint density at radius 2 is 2.24 bits per heavy atom. The van der Waals surface area contributed by atoms with Crippen LogP contribution in [0.15, 0.2) is 30.5 Å². The van der Waals surface area contributed by atoms with Gasteiger partial charge in [0.1, 0.15) is 0 Å². The van der Waals surface area contributed by atoms with Gasteiger partial charge in [-0.25, -0.2) is 4.98 Å². The maximum Gasteiger partial charge on any atom is 0.225 e. The summed E-state index contributed by atoms with van der Waals surface area (Å²) in [6.07, 6.45) is 3.51. The number of ether oxygens (including phenoxy) is 1. The van der Waals surface area contributed by atoms with E-state index >= 15 is 0 Å². The second kappa shape index (κ2) is 8.11. The van der Waals surface area contributed by atoms with Gasteiger partial charge in [-0.1, -0.05) is 17.7 Å². The van der Waals surface area contributed by atoms with Crippen molar-refractivity contribution in [2.75, 3.05) is 25.1 Å². The van der Waals surface area contributed by atoms with Gasteiger partial charge < -0.3 is 15.0 Å². The number of anilines is 1. The molecule has 2 aromatic heterocycles. The monoisotopic (exact) mass is 361 g/mol. The Bertz CT molecular complexity index is 708. The fraction of sp³-hybridized carbons (Fsp3) is 0.412. The second-order valence-electron chi connectivity index (χ2n) is 5.93. The van der Waals surface area contributed by atoms with Gasteiger partial charge in [0.15, 0.2) is 11.0 Å². The first kappa shape index (κ1) is 17.4. The van der Waals surface area contributed by atoms with Gasteiger partial charge in [0.25, 0.3) is 0 Å². The van der Waals surface area contributed by atoms with Crippen LogP contribution in [0.3, 0.4) is 0 Å². The van der Waals surface area contributed by atoms with E-state index in [0.29, 0.717) is 24.1 Å². The lowest BCUT2D eigenvalue weighted by Gasteiger charge is -2.32. The molecule has 7 nitrogen and oxygen atoms in total. The molecule has 0 spiro atoms. The molecule has 3 rings (SSSR count). The van der Waals surface area contributed by atoms with Crippen molar-refractivity contribution in [1.82, 2.24) is 20.5 Å². The molecule has 0 bridgehead atoms. The van der Waals surface area contributed by atoms with E-state index in [9.17, 15) is 4.79 Å². The number of aromatic nitrogens is 3. The van der Waals surface area contributed by atoms with Gasteiger partial charge in [0.05, 0.1) is 13.0 Å². The summed E-state index contributed by atoms with van der Waals surface area (Å²) in [4.78, 5) is 18.7. The van der Waals surface area contributed by atoms with Crippen LogP contribution in [0.5, 0.6) is 5.88 Å². The summed E-state index contributed by atoms with van der Waals surface area (Å²) in [6.45, 7) is 1.94. The van der Waals surface area contributed by atoms with E-state index in [4.69, 9.17) is 16.3 Å². The van der Waals surface area contributed by atoms with Crippen LogP contribution in [-0.2, 0) is 11.3 Å². The smallest absolute Gasteiger partial charge is 0.225 e. The summed E-state index contributed by atoms with van der Waals surface area (Å²) >= 11 is 5.78. The Kier molecular flexibility index (Phi) is 5.65. The zero-order chi connectivity index (χ0) is 17.6. The summed E-state index contributed by atoms with van der Waals surface area (Å²) < 4.78 is 5.03. The first-order chi connectivity index (χ1) is 12.2. The number of carbonyl (C=O) groups is 1. The number of methoxy groups -OCH3 is 1. The lowest BCUT2D eigenvalue weighted by molar-refractivity contribution is -0.125. The van der Waals surface area contributed by atoms with Crippen molar-refractivity contribution in [3.05, 3.63) is 41.2 Å². The van der Waals surface area contributed by atoms with Gasteiger partial charge >= 0.3 is 0 Å². The molecule has 0 aromatic carbocycles. The summed E-state index contributed by atoms with van der Waals surface area (Å²) in [5.74, 6) is 1.28. The van der Waals surface area contributed by atoms with Gasteiger partial charge in [-0.2, -0.15) is 0 Å². The topological polar surface area (TPSA) is 80.2 Å². The number of pyridine rings is 1. The fourth-order valence-electron chi connectivity index (χ4n) is 2.85.